The molecule has 1 N–H and O–H groups in total. The maximum atomic E-state index is 13.5. The van der Waals surface area contributed by atoms with Crippen molar-refractivity contribution in [1.29, 1.82) is 0 Å². The topological polar surface area (TPSA) is 66.5 Å². The van der Waals surface area contributed by atoms with Gasteiger partial charge in [0.15, 0.2) is 5.78 Å². The van der Waals surface area contributed by atoms with Crippen molar-refractivity contribution in [3.05, 3.63) is 65.7 Å². The number of hydrogen-bond acceptors (Lipinski definition) is 4. The molecule has 1 fully saturated rings. The summed E-state index contributed by atoms with van der Waals surface area (Å²) in [5, 5.41) is 3.28. The van der Waals surface area contributed by atoms with Gasteiger partial charge in [0, 0.05) is 23.7 Å². The van der Waals surface area contributed by atoms with E-state index >= 15 is 0 Å². The number of nitrogens with one attached hydrogen (secondary N) is 1. The number of hydrogen-bond donors (Lipinski definition) is 1. The fraction of sp³-hybridized carbons (Fsp3) is 0.381. The molecular weight excluding hydrogens is 396 g/mol. The van der Waals surface area contributed by atoms with Crippen molar-refractivity contribution in [3.63, 3.8) is 0 Å². The minimum Gasteiger partial charge on any atom is -0.317 e. The smallest absolute Gasteiger partial charge is 0.244 e. The predicted molar refractivity (Wildman–Crippen MR) is 114 cm³/mol. The lowest BCUT2D eigenvalue weighted by Gasteiger charge is -2.34. The van der Waals surface area contributed by atoms with Crippen LogP contribution in [0.25, 0.3) is 0 Å². The Balaban J connectivity index is 0.00000280. The van der Waals surface area contributed by atoms with Gasteiger partial charge in [-0.2, -0.15) is 4.31 Å². The van der Waals surface area contributed by atoms with E-state index in [0.29, 0.717) is 12.1 Å². The quantitative estimate of drug-likeness (QED) is 0.693. The first-order valence-corrected chi connectivity index (χ1v) is 10.9. The van der Waals surface area contributed by atoms with Gasteiger partial charge in [0.25, 0.3) is 0 Å². The van der Waals surface area contributed by atoms with E-state index < -0.39 is 10.0 Å². The molecule has 1 aliphatic heterocycles. The number of sulfonamides is 1. The number of rotatable bonds is 7. The number of carbonyl (C=O) groups is 1. The highest BCUT2D eigenvalue weighted by molar-refractivity contribution is 7.89. The minimum atomic E-state index is -3.76. The highest BCUT2D eigenvalue weighted by Crippen LogP contribution is 2.27. The van der Waals surface area contributed by atoms with E-state index in [2.05, 4.69) is 5.32 Å². The molecule has 0 aromatic heterocycles. The highest BCUT2D eigenvalue weighted by Gasteiger charge is 2.34. The summed E-state index contributed by atoms with van der Waals surface area (Å²) in [7, 11) is -3.76. The largest absolute Gasteiger partial charge is 0.317 e. The third kappa shape index (κ3) is 4.81. The zero-order valence-corrected chi connectivity index (χ0v) is 17.6. The summed E-state index contributed by atoms with van der Waals surface area (Å²) in [5.74, 6) is -0.267. The van der Waals surface area contributed by atoms with Crippen LogP contribution in [0.5, 0.6) is 0 Å². The summed E-state index contributed by atoms with van der Waals surface area (Å²) in [6.45, 7) is 4.06. The van der Waals surface area contributed by atoms with Crippen LogP contribution in [0.15, 0.2) is 59.5 Å². The molecule has 3 rings (SSSR count). The maximum absolute atomic E-state index is 13.5. The van der Waals surface area contributed by atoms with Crippen molar-refractivity contribution in [3.8, 4) is 0 Å². The van der Waals surface area contributed by atoms with E-state index in [0.717, 1.165) is 32.4 Å². The lowest BCUT2D eigenvalue weighted by atomic mass is 10.0. The third-order valence-electron chi connectivity index (χ3n) is 4.91. The van der Waals surface area contributed by atoms with Crippen molar-refractivity contribution in [2.75, 3.05) is 19.6 Å². The van der Waals surface area contributed by atoms with Crippen LogP contribution >= 0.6 is 12.4 Å². The Labute approximate surface area is 173 Å². The number of ketones is 1. The molecule has 1 saturated heterocycles. The van der Waals surface area contributed by atoms with Crippen LogP contribution < -0.4 is 5.32 Å². The van der Waals surface area contributed by atoms with Gasteiger partial charge >= 0.3 is 0 Å². The fourth-order valence-electron chi connectivity index (χ4n) is 3.56. The molecule has 152 valence electrons. The summed E-state index contributed by atoms with van der Waals surface area (Å²) >= 11 is 0. The van der Waals surface area contributed by atoms with Crippen molar-refractivity contribution in [1.82, 2.24) is 9.62 Å². The molecule has 2 aromatic carbocycles. The van der Waals surface area contributed by atoms with Crippen LogP contribution in [0.3, 0.4) is 0 Å². The molecule has 0 spiro atoms. The first-order chi connectivity index (χ1) is 13.1. The Morgan fingerprint density at radius 1 is 1.04 bits per heavy atom. The third-order valence-corrected chi connectivity index (χ3v) is 6.92. The Morgan fingerprint density at radius 3 is 2.29 bits per heavy atom. The number of piperidine rings is 1. The standard InChI is InChI=1S/C21H26N2O3S.ClH/c1-2-16-23(18-12-14-22-15-13-18)27(25,26)20-11-7-6-10-19(20)21(24)17-8-4-3-5-9-17;/h3-11,18,22H,2,12-16H2,1H3;1H. The van der Waals surface area contributed by atoms with E-state index in [4.69, 9.17) is 0 Å². The van der Waals surface area contributed by atoms with Gasteiger partial charge in [-0.3, -0.25) is 4.79 Å². The Morgan fingerprint density at radius 2 is 1.64 bits per heavy atom. The molecule has 1 heterocycles. The molecule has 2 aromatic rings. The van der Waals surface area contributed by atoms with E-state index in [9.17, 15) is 13.2 Å². The summed E-state index contributed by atoms with van der Waals surface area (Å²) in [5.41, 5.74) is 0.725. The summed E-state index contributed by atoms with van der Waals surface area (Å²) < 4.78 is 28.7. The molecule has 0 aliphatic carbocycles. The van der Waals surface area contributed by atoms with Gasteiger partial charge in [-0.25, -0.2) is 8.42 Å². The number of halogens is 1. The minimum absolute atomic E-state index is 0. The molecule has 7 heteroatoms. The summed E-state index contributed by atoms with van der Waals surface area (Å²) in [4.78, 5) is 13.1. The second-order valence-electron chi connectivity index (χ2n) is 6.79. The van der Waals surface area contributed by atoms with Crippen molar-refractivity contribution < 1.29 is 13.2 Å². The van der Waals surface area contributed by atoms with Gasteiger partial charge in [-0.1, -0.05) is 49.4 Å². The molecule has 1 aliphatic rings. The van der Waals surface area contributed by atoms with E-state index in [1.807, 2.05) is 13.0 Å². The maximum Gasteiger partial charge on any atom is 0.244 e. The summed E-state index contributed by atoms with van der Waals surface area (Å²) in [6, 6.07) is 15.3. The van der Waals surface area contributed by atoms with Gasteiger partial charge in [0.1, 0.15) is 0 Å². The SMILES string of the molecule is CCCN(C1CCNCC1)S(=O)(=O)c1ccccc1C(=O)c1ccccc1.Cl. The van der Waals surface area contributed by atoms with Gasteiger partial charge in [-0.05, 0) is 44.5 Å². The van der Waals surface area contributed by atoms with Crippen LogP contribution in [0.2, 0.25) is 0 Å². The monoisotopic (exact) mass is 422 g/mol. The Kier molecular flexibility index (Phi) is 8.19. The second-order valence-corrected chi connectivity index (χ2v) is 8.65. The second kappa shape index (κ2) is 10.2. The number of nitrogens with zero attached hydrogens (tertiary/aromatic N) is 1. The first-order valence-electron chi connectivity index (χ1n) is 9.47. The average molecular weight is 423 g/mol. The normalized spacial score (nSPS) is 15.2. The van der Waals surface area contributed by atoms with Gasteiger partial charge in [0.05, 0.1) is 4.90 Å². The average Bonchev–Trinajstić information content (AvgIpc) is 2.72. The summed E-state index contributed by atoms with van der Waals surface area (Å²) in [6.07, 6.45) is 2.31. The molecule has 0 bridgehead atoms. The number of carbonyl (C=O) groups excluding carboxylic acids is 1. The zero-order valence-electron chi connectivity index (χ0n) is 16.0. The first kappa shape index (κ1) is 22.6. The lowest BCUT2D eigenvalue weighted by molar-refractivity contribution is 0.103. The Bertz CT molecular complexity index is 882. The molecule has 0 saturated carbocycles. The molecule has 0 amide bonds. The molecule has 28 heavy (non-hydrogen) atoms. The highest BCUT2D eigenvalue weighted by atomic mass is 35.5. The van der Waals surface area contributed by atoms with Crippen molar-refractivity contribution >= 4 is 28.2 Å². The van der Waals surface area contributed by atoms with E-state index in [-0.39, 0.29) is 34.7 Å². The number of benzene rings is 2. The van der Waals surface area contributed by atoms with E-state index in [1.54, 1.807) is 52.8 Å². The van der Waals surface area contributed by atoms with Crippen LogP contribution in [-0.4, -0.2) is 44.2 Å². The van der Waals surface area contributed by atoms with E-state index in [1.165, 1.54) is 0 Å². The molecule has 5 nitrogen and oxygen atoms in total. The van der Waals surface area contributed by atoms with Gasteiger partial charge < -0.3 is 5.32 Å². The fourth-order valence-corrected chi connectivity index (χ4v) is 5.53. The predicted octanol–water partition coefficient (Wildman–Crippen LogP) is 3.49. The van der Waals surface area contributed by atoms with Crippen molar-refractivity contribution in [2.24, 2.45) is 0 Å². The zero-order chi connectivity index (χ0) is 19.3. The molecule has 0 radical (unpaired) electrons. The molecule has 0 atom stereocenters. The van der Waals surface area contributed by atoms with Crippen LogP contribution in [-0.2, 0) is 10.0 Å². The van der Waals surface area contributed by atoms with Gasteiger partial charge in [0.2, 0.25) is 10.0 Å². The Hall–Kier alpha value is -1.73. The molecule has 0 unspecified atom stereocenters. The van der Waals surface area contributed by atoms with Gasteiger partial charge in [-0.15, -0.1) is 12.4 Å². The lowest BCUT2D eigenvalue weighted by Crippen LogP contribution is -2.46. The van der Waals surface area contributed by atoms with Crippen LogP contribution in [0.4, 0.5) is 0 Å². The van der Waals surface area contributed by atoms with Crippen molar-refractivity contribution in [2.45, 2.75) is 37.1 Å². The van der Waals surface area contributed by atoms with Crippen LogP contribution in [0.1, 0.15) is 42.1 Å². The van der Waals surface area contributed by atoms with Crippen LogP contribution in [0, 0.1) is 0 Å². The molecular formula is C21H27ClN2O3S.